The van der Waals surface area contributed by atoms with Crippen LogP contribution in [0.5, 0.6) is 0 Å². The summed E-state index contributed by atoms with van der Waals surface area (Å²) in [7, 11) is 0. The summed E-state index contributed by atoms with van der Waals surface area (Å²) in [4.78, 5) is 8.83. The molecule has 7 heteroatoms. The number of anilines is 1. The van der Waals surface area contributed by atoms with Crippen LogP contribution in [0.15, 0.2) is 47.1 Å². The van der Waals surface area contributed by atoms with Crippen LogP contribution in [0.2, 0.25) is 0 Å². The molecule has 21 heavy (non-hydrogen) atoms. The summed E-state index contributed by atoms with van der Waals surface area (Å²) < 4.78 is 5.22. The van der Waals surface area contributed by atoms with Crippen LogP contribution < -0.4 is 5.73 Å². The molecule has 0 aliphatic heterocycles. The summed E-state index contributed by atoms with van der Waals surface area (Å²) in [6.45, 7) is 0. The molecule has 0 aliphatic rings. The van der Waals surface area contributed by atoms with Crippen LogP contribution in [0.1, 0.15) is 0 Å². The fourth-order valence-corrected chi connectivity index (χ4v) is 2.09. The van der Waals surface area contributed by atoms with E-state index in [0.29, 0.717) is 28.8 Å². The normalized spacial score (nSPS) is 11.0. The molecule has 0 aliphatic carbocycles. The van der Waals surface area contributed by atoms with Crippen LogP contribution >= 0.6 is 0 Å². The molecule has 0 atom stereocenters. The van der Waals surface area contributed by atoms with Crippen LogP contribution in [0.25, 0.3) is 33.9 Å². The third-order valence-electron chi connectivity index (χ3n) is 3.15. The fraction of sp³-hybridized carbons (Fsp3) is 0. The second kappa shape index (κ2) is 4.41. The van der Waals surface area contributed by atoms with Gasteiger partial charge in [0.05, 0.1) is 11.7 Å². The first-order valence-corrected chi connectivity index (χ1v) is 6.30. The van der Waals surface area contributed by atoms with Crippen LogP contribution in [0.3, 0.4) is 0 Å². The maximum atomic E-state index is 5.73. The van der Waals surface area contributed by atoms with Crippen molar-refractivity contribution in [3.63, 3.8) is 0 Å². The zero-order valence-electron chi connectivity index (χ0n) is 10.8. The molecule has 3 heterocycles. The van der Waals surface area contributed by atoms with Gasteiger partial charge in [0.15, 0.2) is 0 Å². The highest BCUT2D eigenvalue weighted by Gasteiger charge is 2.15. The monoisotopic (exact) mass is 278 g/mol. The topological polar surface area (TPSA) is 107 Å². The molecule has 4 rings (SSSR count). The Kier molecular flexibility index (Phi) is 2.43. The number of hydrogen-bond donors (Lipinski definition) is 2. The highest BCUT2D eigenvalue weighted by molar-refractivity contribution is 5.80. The van der Waals surface area contributed by atoms with Crippen molar-refractivity contribution >= 4 is 16.7 Å². The van der Waals surface area contributed by atoms with Gasteiger partial charge in [-0.05, 0) is 12.1 Å². The van der Waals surface area contributed by atoms with Crippen LogP contribution in [0.4, 0.5) is 5.82 Å². The minimum Gasteiger partial charge on any atom is -0.383 e. The van der Waals surface area contributed by atoms with Gasteiger partial charge in [0.1, 0.15) is 17.1 Å². The number of nitrogens with zero attached hydrogens (tertiary/aromatic N) is 4. The summed E-state index contributed by atoms with van der Waals surface area (Å²) >= 11 is 0. The summed E-state index contributed by atoms with van der Waals surface area (Å²) in [5, 5.41) is 11.5. The molecule has 0 saturated carbocycles. The number of hydrogen-bond acceptors (Lipinski definition) is 6. The van der Waals surface area contributed by atoms with Crippen molar-refractivity contribution in [1.29, 1.82) is 0 Å². The first-order valence-electron chi connectivity index (χ1n) is 6.30. The number of benzene rings is 1. The molecule has 3 N–H and O–H groups in total. The third-order valence-corrected chi connectivity index (χ3v) is 3.15. The van der Waals surface area contributed by atoms with Gasteiger partial charge in [-0.15, -0.1) is 0 Å². The Balaban J connectivity index is 1.79. The van der Waals surface area contributed by atoms with E-state index in [4.69, 9.17) is 10.3 Å². The number of nitrogens with one attached hydrogen (secondary N) is 1. The Morgan fingerprint density at radius 2 is 1.95 bits per heavy atom. The molecule has 0 saturated heterocycles. The van der Waals surface area contributed by atoms with Crippen molar-refractivity contribution in [1.82, 2.24) is 25.3 Å². The number of para-hydroxylation sites is 1. The van der Waals surface area contributed by atoms with E-state index in [1.807, 2.05) is 36.4 Å². The highest BCUT2D eigenvalue weighted by atomic mass is 16.5. The van der Waals surface area contributed by atoms with E-state index in [9.17, 15) is 0 Å². The Morgan fingerprint density at radius 1 is 1.05 bits per heavy atom. The molecule has 7 nitrogen and oxygen atoms in total. The minimum atomic E-state index is 0.311. The first kappa shape index (κ1) is 11.6. The molecule has 0 unspecified atom stereocenters. The van der Waals surface area contributed by atoms with Crippen molar-refractivity contribution in [3.05, 3.63) is 42.6 Å². The van der Waals surface area contributed by atoms with E-state index in [1.165, 1.54) is 0 Å². The van der Waals surface area contributed by atoms with Gasteiger partial charge >= 0.3 is 0 Å². The molecule has 0 fully saturated rings. The van der Waals surface area contributed by atoms with Crippen molar-refractivity contribution < 1.29 is 4.52 Å². The Bertz CT molecular complexity index is 926. The number of H-pyrrole nitrogens is 1. The smallest absolute Gasteiger partial charge is 0.263 e. The minimum absolute atomic E-state index is 0.311. The maximum Gasteiger partial charge on any atom is 0.263 e. The van der Waals surface area contributed by atoms with E-state index in [2.05, 4.69) is 25.3 Å². The van der Waals surface area contributed by atoms with Gasteiger partial charge < -0.3 is 10.3 Å². The van der Waals surface area contributed by atoms with Gasteiger partial charge in [-0.1, -0.05) is 29.4 Å². The fourth-order valence-electron chi connectivity index (χ4n) is 2.09. The van der Waals surface area contributed by atoms with Crippen molar-refractivity contribution in [2.45, 2.75) is 0 Å². The first-order chi connectivity index (χ1) is 10.3. The summed E-state index contributed by atoms with van der Waals surface area (Å²) in [6, 6.07) is 11.7. The Labute approximate surface area is 118 Å². The van der Waals surface area contributed by atoms with Gasteiger partial charge in [0.25, 0.3) is 5.89 Å². The van der Waals surface area contributed by atoms with E-state index < -0.39 is 0 Å². The lowest BCUT2D eigenvalue weighted by molar-refractivity contribution is 0.432. The van der Waals surface area contributed by atoms with E-state index in [0.717, 1.165) is 10.9 Å². The zero-order chi connectivity index (χ0) is 14.2. The number of rotatable bonds is 2. The maximum absolute atomic E-state index is 5.73. The average Bonchev–Trinajstić information content (AvgIpc) is 3.15. The quantitative estimate of drug-likeness (QED) is 0.582. The lowest BCUT2D eigenvalue weighted by Crippen LogP contribution is -1.89. The van der Waals surface area contributed by atoms with Crippen LogP contribution in [0, 0.1) is 0 Å². The Morgan fingerprint density at radius 3 is 2.81 bits per heavy atom. The van der Waals surface area contributed by atoms with Gasteiger partial charge in [0.2, 0.25) is 5.82 Å². The van der Waals surface area contributed by atoms with E-state index in [-0.39, 0.29) is 0 Å². The molecule has 0 spiro atoms. The van der Waals surface area contributed by atoms with E-state index in [1.54, 1.807) is 6.20 Å². The lowest BCUT2D eigenvalue weighted by atomic mass is 10.2. The van der Waals surface area contributed by atoms with Gasteiger partial charge in [-0.3, -0.25) is 5.10 Å². The number of aromatic nitrogens is 5. The SMILES string of the molecule is Nc1[nH]ncc1-c1nc(-c2ccc3ccccc3n2)no1. The average molecular weight is 278 g/mol. The second-order valence-corrected chi connectivity index (χ2v) is 4.51. The number of nitrogen functional groups attached to an aromatic ring is 1. The van der Waals surface area contributed by atoms with Gasteiger partial charge in [-0.25, -0.2) is 4.98 Å². The second-order valence-electron chi connectivity index (χ2n) is 4.51. The molecule has 0 radical (unpaired) electrons. The molecule has 102 valence electrons. The van der Waals surface area contributed by atoms with Crippen molar-refractivity contribution in [2.24, 2.45) is 0 Å². The molecular formula is C14H10N6O. The number of fused-ring (bicyclic) bond motifs is 1. The number of nitrogens with two attached hydrogens (primary N) is 1. The van der Waals surface area contributed by atoms with Crippen molar-refractivity contribution in [2.75, 3.05) is 5.73 Å². The largest absolute Gasteiger partial charge is 0.383 e. The molecule has 1 aromatic carbocycles. The van der Waals surface area contributed by atoms with Gasteiger partial charge in [-0.2, -0.15) is 10.1 Å². The molecule has 4 aromatic rings. The number of pyridine rings is 1. The predicted octanol–water partition coefficient (Wildman–Crippen LogP) is 2.26. The summed E-state index contributed by atoms with van der Waals surface area (Å²) in [5.74, 6) is 1.11. The standard InChI is InChI=1S/C14H10N6O/c15-12-9(7-16-19-12)14-18-13(20-21-14)11-6-5-8-3-1-2-4-10(8)17-11/h1-7H,(H3,15,16,19). The van der Waals surface area contributed by atoms with E-state index >= 15 is 0 Å². The Hall–Kier alpha value is -3.22. The predicted molar refractivity (Wildman–Crippen MR) is 77.0 cm³/mol. The zero-order valence-corrected chi connectivity index (χ0v) is 10.8. The van der Waals surface area contributed by atoms with Crippen molar-refractivity contribution in [3.8, 4) is 23.0 Å². The summed E-state index contributed by atoms with van der Waals surface area (Å²) in [6.07, 6.45) is 1.54. The van der Waals surface area contributed by atoms with Gasteiger partial charge in [0, 0.05) is 5.39 Å². The number of aromatic amines is 1. The third kappa shape index (κ3) is 1.91. The summed E-state index contributed by atoms with van der Waals surface area (Å²) in [5.41, 5.74) is 7.83. The van der Waals surface area contributed by atoms with Crippen LogP contribution in [-0.4, -0.2) is 25.3 Å². The molecule has 0 amide bonds. The van der Waals surface area contributed by atoms with Crippen LogP contribution in [-0.2, 0) is 0 Å². The highest BCUT2D eigenvalue weighted by Crippen LogP contribution is 2.25. The molecular weight excluding hydrogens is 268 g/mol. The molecule has 0 bridgehead atoms. The lowest BCUT2D eigenvalue weighted by Gasteiger charge is -1.98. The molecule has 3 aromatic heterocycles.